The predicted molar refractivity (Wildman–Crippen MR) is 87.6 cm³/mol. The van der Waals surface area contributed by atoms with E-state index in [4.69, 9.17) is 4.42 Å². The number of aromatic nitrogens is 2. The highest BCUT2D eigenvalue weighted by Gasteiger charge is 2.08. The monoisotopic (exact) mass is 352 g/mol. The fraction of sp³-hybridized carbons (Fsp3) is 0.467. The molecule has 2 rings (SSSR count). The Morgan fingerprint density at radius 1 is 1.29 bits per heavy atom. The first-order chi connectivity index (χ1) is 10.1. The van der Waals surface area contributed by atoms with Gasteiger partial charge in [-0.15, -0.1) is 5.10 Å². The molecule has 0 spiro atoms. The van der Waals surface area contributed by atoms with Gasteiger partial charge in [0.15, 0.2) is 0 Å². The molecule has 0 saturated carbocycles. The molecule has 1 aromatic heterocycles. The molecule has 1 aromatic carbocycles. The van der Waals surface area contributed by atoms with Gasteiger partial charge in [0.1, 0.15) is 0 Å². The Morgan fingerprint density at radius 3 is 2.81 bits per heavy atom. The van der Waals surface area contributed by atoms with Crippen LogP contribution in [0.2, 0.25) is 0 Å². The van der Waals surface area contributed by atoms with Crippen LogP contribution < -0.4 is 10.6 Å². The number of nitrogens with one attached hydrogen (secondary N) is 2. The first kappa shape index (κ1) is 16.0. The van der Waals surface area contributed by atoms with Gasteiger partial charge in [-0.05, 0) is 42.6 Å². The largest absolute Gasteiger partial charge is 0.406 e. The molecule has 0 amide bonds. The average Bonchev–Trinajstić information content (AvgIpc) is 2.88. The average molecular weight is 353 g/mol. The van der Waals surface area contributed by atoms with Crippen molar-refractivity contribution in [2.45, 2.75) is 33.7 Å². The summed E-state index contributed by atoms with van der Waals surface area (Å²) in [5, 5.41) is 14.5. The molecule has 0 aliphatic heterocycles. The van der Waals surface area contributed by atoms with Crippen LogP contribution in [0.4, 0.5) is 11.7 Å². The second-order valence-electron chi connectivity index (χ2n) is 5.31. The van der Waals surface area contributed by atoms with Crippen LogP contribution in [0.3, 0.4) is 0 Å². The van der Waals surface area contributed by atoms with Gasteiger partial charge in [-0.2, -0.15) is 0 Å². The van der Waals surface area contributed by atoms with E-state index in [0.717, 1.165) is 23.1 Å². The van der Waals surface area contributed by atoms with Crippen molar-refractivity contribution in [3.63, 3.8) is 0 Å². The van der Waals surface area contributed by atoms with E-state index >= 15 is 0 Å². The number of hydrogen-bond donors (Lipinski definition) is 2. The summed E-state index contributed by atoms with van der Waals surface area (Å²) in [5.74, 6) is 1.19. The topological polar surface area (TPSA) is 63.0 Å². The molecule has 1 heterocycles. The Morgan fingerprint density at radius 2 is 2.10 bits per heavy atom. The molecule has 0 bridgehead atoms. The van der Waals surface area contributed by atoms with Crippen molar-refractivity contribution in [1.29, 1.82) is 0 Å². The minimum absolute atomic E-state index is 0.424. The van der Waals surface area contributed by atoms with Crippen molar-refractivity contribution < 1.29 is 4.42 Å². The lowest BCUT2D eigenvalue weighted by Gasteiger charge is -2.08. The van der Waals surface area contributed by atoms with E-state index < -0.39 is 0 Å². The molecule has 0 aliphatic rings. The minimum Gasteiger partial charge on any atom is -0.406 e. The van der Waals surface area contributed by atoms with Crippen LogP contribution in [0, 0.1) is 5.92 Å². The summed E-state index contributed by atoms with van der Waals surface area (Å²) in [6.07, 6.45) is 0.929. The molecule has 0 radical (unpaired) electrons. The van der Waals surface area contributed by atoms with Crippen LogP contribution >= 0.6 is 15.9 Å². The molecule has 0 fully saturated rings. The summed E-state index contributed by atoms with van der Waals surface area (Å²) in [5.41, 5.74) is 2.19. The molecule has 2 N–H and O–H groups in total. The third-order valence-corrected chi connectivity index (χ3v) is 3.48. The first-order valence-corrected chi connectivity index (χ1v) is 7.96. The van der Waals surface area contributed by atoms with Crippen molar-refractivity contribution in [2.24, 2.45) is 5.92 Å². The number of nitrogens with zero attached hydrogens (tertiary/aromatic N) is 2. The molecule has 0 atom stereocenters. The van der Waals surface area contributed by atoms with Gasteiger partial charge in [-0.3, -0.25) is 0 Å². The third kappa shape index (κ3) is 4.82. The van der Waals surface area contributed by atoms with Crippen molar-refractivity contribution in [3.8, 4) is 0 Å². The maximum atomic E-state index is 5.59. The first-order valence-electron chi connectivity index (χ1n) is 7.17. The molecule has 114 valence electrons. The number of halogens is 1. The van der Waals surface area contributed by atoms with E-state index in [1.165, 1.54) is 5.56 Å². The summed E-state index contributed by atoms with van der Waals surface area (Å²) in [7, 11) is 0. The maximum Gasteiger partial charge on any atom is 0.320 e. The highest BCUT2D eigenvalue weighted by Crippen LogP contribution is 2.24. The number of hydrogen-bond acceptors (Lipinski definition) is 5. The van der Waals surface area contributed by atoms with Gasteiger partial charge in [0.2, 0.25) is 5.89 Å². The van der Waals surface area contributed by atoms with E-state index in [0.29, 0.717) is 24.4 Å². The summed E-state index contributed by atoms with van der Waals surface area (Å²) in [6, 6.07) is 6.50. The Kier molecular flexibility index (Phi) is 5.76. The molecular weight excluding hydrogens is 332 g/mol. The molecule has 6 heteroatoms. The summed E-state index contributed by atoms with van der Waals surface area (Å²) in [6.45, 7) is 7.95. The third-order valence-electron chi connectivity index (χ3n) is 2.99. The maximum absolute atomic E-state index is 5.59. The molecule has 0 aliphatic carbocycles. The van der Waals surface area contributed by atoms with Crippen LogP contribution in [0.1, 0.15) is 32.2 Å². The van der Waals surface area contributed by atoms with Gasteiger partial charge in [0, 0.05) is 10.2 Å². The Bertz CT molecular complexity index is 583. The van der Waals surface area contributed by atoms with Crippen molar-refractivity contribution >= 4 is 27.6 Å². The van der Waals surface area contributed by atoms with Gasteiger partial charge < -0.3 is 15.1 Å². The Hall–Kier alpha value is -1.40. The molecule has 21 heavy (non-hydrogen) atoms. The van der Waals surface area contributed by atoms with Crippen LogP contribution in [-0.4, -0.2) is 16.7 Å². The minimum atomic E-state index is 0.424. The second-order valence-corrected chi connectivity index (χ2v) is 6.22. The van der Waals surface area contributed by atoms with E-state index in [2.05, 4.69) is 63.6 Å². The van der Waals surface area contributed by atoms with Gasteiger partial charge in [-0.1, -0.05) is 41.8 Å². The fourth-order valence-corrected chi connectivity index (χ4v) is 2.34. The Balaban J connectivity index is 1.99. The highest BCUT2D eigenvalue weighted by atomic mass is 79.9. The van der Waals surface area contributed by atoms with Crippen molar-refractivity contribution in [2.75, 3.05) is 11.9 Å². The number of anilines is 2. The van der Waals surface area contributed by atoms with E-state index in [9.17, 15) is 0 Å². The molecule has 0 unspecified atom stereocenters. The molecule has 2 aromatic rings. The van der Waals surface area contributed by atoms with Gasteiger partial charge in [0.05, 0.1) is 6.54 Å². The van der Waals surface area contributed by atoms with E-state index in [1.54, 1.807) is 0 Å². The van der Waals surface area contributed by atoms with Crippen LogP contribution in [0.25, 0.3) is 0 Å². The zero-order chi connectivity index (χ0) is 15.2. The van der Waals surface area contributed by atoms with Crippen molar-refractivity contribution in [1.82, 2.24) is 15.5 Å². The summed E-state index contributed by atoms with van der Waals surface area (Å²) in [4.78, 5) is 0. The second kappa shape index (κ2) is 7.56. The predicted octanol–water partition coefficient (Wildman–Crippen LogP) is 3.88. The number of rotatable bonds is 7. The quantitative estimate of drug-likeness (QED) is 0.791. The van der Waals surface area contributed by atoms with Gasteiger partial charge >= 0.3 is 6.01 Å². The van der Waals surface area contributed by atoms with E-state index in [1.807, 2.05) is 12.1 Å². The van der Waals surface area contributed by atoms with Crippen LogP contribution in [-0.2, 0) is 13.0 Å². The molecule has 5 nitrogen and oxygen atoms in total. The number of aryl methyl sites for hydroxylation is 1. The van der Waals surface area contributed by atoms with E-state index in [-0.39, 0.29) is 0 Å². The highest BCUT2D eigenvalue weighted by molar-refractivity contribution is 9.10. The van der Waals surface area contributed by atoms with Crippen LogP contribution in [0.5, 0.6) is 0 Å². The summed E-state index contributed by atoms with van der Waals surface area (Å²) >= 11 is 3.48. The lowest BCUT2D eigenvalue weighted by Crippen LogP contribution is -2.19. The lowest BCUT2D eigenvalue weighted by molar-refractivity contribution is 0.460. The van der Waals surface area contributed by atoms with Gasteiger partial charge in [-0.25, -0.2) is 0 Å². The number of benzene rings is 1. The van der Waals surface area contributed by atoms with Crippen LogP contribution in [0.15, 0.2) is 27.1 Å². The zero-order valence-corrected chi connectivity index (χ0v) is 14.2. The fourth-order valence-electron chi connectivity index (χ4n) is 1.94. The normalized spacial score (nSPS) is 11.1. The molecule has 0 saturated heterocycles. The van der Waals surface area contributed by atoms with Gasteiger partial charge in [0.25, 0.3) is 0 Å². The Labute approximate surface area is 133 Å². The SMILES string of the molecule is CCc1cc(Br)ccc1Nc1nnc(CNCC(C)C)o1. The summed E-state index contributed by atoms with van der Waals surface area (Å²) < 4.78 is 6.66. The van der Waals surface area contributed by atoms with Crippen molar-refractivity contribution in [3.05, 3.63) is 34.1 Å². The molecular formula is C15H21BrN4O. The lowest BCUT2D eigenvalue weighted by atomic mass is 10.1. The standard InChI is InChI=1S/C15H21BrN4O/c1-4-11-7-12(16)5-6-13(11)18-15-20-19-14(21-15)9-17-8-10(2)3/h5-7,10,17H,4,8-9H2,1-3H3,(H,18,20). The smallest absolute Gasteiger partial charge is 0.320 e. The zero-order valence-electron chi connectivity index (χ0n) is 12.6.